The monoisotopic (exact) mass is 343 g/mol. The Labute approximate surface area is 111 Å². The highest BCUT2D eigenvalue weighted by Crippen LogP contribution is 2.22. The van der Waals surface area contributed by atoms with Crippen LogP contribution in [-0.2, 0) is 6.54 Å². The van der Waals surface area contributed by atoms with Crippen molar-refractivity contribution in [2.45, 2.75) is 13.5 Å². The predicted octanol–water partition coefficient (Wildman–Crippen LogP) is 4.73. The Hall–Kier alpha value is -0.740. The normalized spacial score (nSPS) is 10.4. The van der Waals surface area contributed by atoms with Gasteiger partial charge in [-0.25, -0.2) is 0 Å². The van der Waals surface area contributed by atoms with Gasteiger partial charge in [0.05, 0.1) is 17.3 Å². The predicted molar refractivity (Wildman–Crippen MR) is 72.6 cm³/mol. The lowest BCUT2D eigenvalue weighted by Crippen LogP contribution is -1.98. The van der Waals surface area contributed by atoms with Crippen LogP contribution in [0.5, 0.6) is 0 Å². The fraction of sp³-hybridized carbons (Fsp3) is 0.167. The van der Waals surface area contributed by atoms with Gasteiger partial charge in [-0.1, -0.05) is 15.9 Å². The second-order valence-electron chi connectivity index (χ2n) is 3.56. The van der Waals surface area contributed by atoms with Crippen molar-refractivity contribution in [2.24, 2.45) is 0 Å². The van der Waals surface area contributed by atoms with Crippen LogP contribution in [-0.4, -0.2) is 0 Å². The van der Waals surface area contributed by atoms with Gasteiger partial charge in [0.1, 0.15) is 5.76 Å². The average Bonchev–Trinajstić information content (AvgIpc) is 2.59. The molecule has 1 heterocycles. The summed E-state index contributed by atoms with van der Waals surface area (Å²) in [6.07, 6.45) is 1.67. The Balaban J connectivity index is 2.07. The molecule has 0 unspecified atom stereocenters. The molecule has 0 amide bonds. The van der Waals surface area contributed by atoms with E-state index in [1.807, 2.05) is 12.1 Å². The van der Waals surface area contributed by atoms with E-state index in [1.165, 1.54) is 5.56 Å². The van der Waals surface area contributed by atoms with Crippen molar-refractivity contribution in [2.75, 3.05) is 5.32 Å². The Morgan fingerprint density at radius 1 is 1.25 bits per heavy atom. The second-order valence-corrected chi connectivity index (χ2v) is 5.33. The molecule has 4 heteroatoms. The molecule has 2 aromatic rings. The van der Waals surface area contributed by atoms with E-state index in [1.54, 1.807) is 6.26 Å². The molecule has 0 fully saturated rings. The van der Waals surface area contributed by atoms with E-state index < -0.39 is 0 Å². The minimum Gasteiger partial charge on any atom is -0.466 e. The van der Waals surface area contributed by atoms with Crippen LogP contribution in [0.4, 0.5) is 5.69 Å². The Bertz CT molecular complexity index is 473. The Kier molecular flexibility index (Phi) is 3.71. The summed E-state index contributed by atoms with van der Waals surface area (Å²) in [6, 6.07) is 8.11. The molecule has 0 aliphatic rings. The van der Waals surface area contributed by atoms with E-state index in [4.69, 9.17) is 4.42 Å². The van der Waals surface area contributed by atoms with Gasteiger partial charge < -0.3 is 9.73 Å². The maximum atomic E-state index is 5.33. The van der Waals surface area contributed by atoms with Crippen molar-refractivity contribution < 1.29 is 4.42 Å². The number of rotatable bonds is 3. The molecule has 16 heavy (non-hydrogen) atoms. The minimum absolute atomic E-state index is 0.670. The van der Waals surface area contributed by atoms with E-state index in [9.17, 15) is 0 Å². The molecule has 0 spiro atoms. The Morgan fingerprint density at radius 2 is 2.06 bits per heavy atom. The number of hydrogen-bond donors (Lipinski definition) is 1. The summed E-state index contributed by atoms with van der Waals surface area (Å²) >= 11 is 6.90. The second kappa shape index (κ2) is 5.06. The molecule has 0 saturated carbocycles. The molecule has 84 valence electrons. The lowest BCUT2D eigenvalue weighted by molar-refractivity contribution is 0.516. The molecule has 0 atom stereocenters. The van der Waals surface area contributed by atoms with Gasteiger partial charge in [0.25, 0.3) is 0 Å². The van der Waals surface area contributed by atoms with E-state index >= 15 is 0 Å². The quantitative estimate of drug-likeness (QED) is 0.871. The molecule has 1 aromatic carbocycles. The molecule has 2 nitrogen and oxygen atoms in total. The summed E-state index contributed by atoms with van der Waals surface area (Å²) in [5.41, 5.74) is 2.30. The van der Waals surface area contributed by atoms with Gasteiger partial charge in [-0.05, 0) is 52.7 Å². The maximum absolute atomic E-state index is 5.33. The highest BCUT2D eigenvalue weighted by atomic mass is 79.9. The Morgan fingerprint density at radius 3 is 2.69 bits per heavy atom. The van der Waals surface area contributed by atoms with Gasteiger partial charge >= 0.3 is 0 Å². The number of halogens is 2. The van der Waals surface area contributed by atoms with Crippen molar-refractivity contribution >= 4 is 37.5 Å². The van der Waals surface area contributed by atoms with E-state index in [-0.39, 0.29) is 0 Å². The van der Waals surface area contributed by atoms with Crippen LogP contribution >= 0.6 is 31.9 Å². The molecule has 2 rings (SSSR count). The van der Waals surface area contributed by atoms with Crippen molar-refractivity contribution in [1.29, 1.82) is 0 Å². The summed E-state index contributed by atoms with van der Waals surface area (Å²) in [5, 5.41) is 3.32. The van der Waals surface area contributed by atoms with E-state index in [0.29, 0.717) is 6.54 Å². The molecule has 0 aliphatic heterocycles. The lowest BCUT2D eigenvalue weighted by atomic mass is 10.2. The van der Waals surface area contributed by atoms with Gasteiger partial charge in [-0.2, -0.15) is 0 Å². The zero-order chi connectivity index (χ0) is 11.5. The molecular weight excluding hydrogens is 334 g/mol. The first-order valence-corrected chi connectivity index (χ1v) is 6.46. The van der Waals surface area contributed by atoms with E-state index in [2.05, 4.69) is 56.2 Å². The maximum Gasteiger partial charge on any atom is 0.136 e. The molecule has 1 aromatic heterocycles. The number of hydrogen-bond acceptors (Lipinski definition) is 2. The van der Waals surface area contributed by atoms with Crippen LogP contribution in [0.15, 0.2) is 43.9 Å². The third kappa shape index (κ3) is 2.89. The smallest absolute Gasteiger partial charge is 0.136 e. The van der Waals surface area contributed by atoms with E-state index in [0.717, 1.165) is 20.4 Å². The summed E-state index contributed by atoms with van der Waals surface area (Å²) in [4.78, 5) is 0. The molecular formula is C12H11Br2NO. The first-order valence-electron chi connectivity index (χ1n) is 4.88. The standard InChI is InChI=1S/C12H11Br2NO/c1-8-4-9(13)6-10(5-8)15-7-12-11(14)2-3-16-12/h2-6,15H,7H2,1H3. The van der Waals surface area contributed by atoms with Crippen LogP contribution in [0, 0.1) is 6.92 Å². The molecule has 0 bridgehead atoms. The van der Waals surface area contributed by atoms with Gasteiger partial charge in [0.2, 0.25) is 0 Å². The number of furan rings is 1. The van der Waals surface area contributed by atoms with Crippen LogP contribution < -0.4 is 5.32 Å². The van der Waals surface area contributed by atoms with Crippen molar-refractivity contribution in [3.63, 3.8) is 0 Å². The van der Waals surface area contributed by atoms with Gasteiger partial charge in [-0.15, -0.1) is 0 Å². The number of benzene rings is 1. The minimum atomic E-state index is 0.670. The first-order chi connectivity index (χ1) is 7.65. The third-order valence-corrected chi connectivity index (χ3v) is 3.35. The zero-order valence-electron chi connectivity index (χ0n) is 8.76. The number of aryl methyl sites for hydroxylation is 1. The summed E-state index contributed by atoms with van der Waals surface area (Å²) in [7, 11) is 0. The fourth-order valence-corrected chi connectivity index (χ4v) is 2.42. The lowest BCUT2D eigenvalue weighted by Gasteiger charge is -2.06. The van der Waals surface area contributed by atoms with Crippen molar-refractivity contribution in [3.8, 4) is 0 Å². The zero-order valence-corrected chi connectivity index (χ0v) is 11.9. The molecule has 0 saturated heterocycles. The van der Waals surface area contributed by atoms with Gasteiger partial charge in [0.15, 0.2) is 0 Å². The van der Waals surface area contributed by atoms with Crippen LogP contribution in [0.1, 0.15) is 11.3 Å². The fourth-order valence-electron chi connectivity index (χ4n) is 1.47. The molecule has 0 radical (unpaired) electrons. The SMILES string of the molecule is Cc1cc(Br)cc(NCc2occc2Br)c1. The summed E-state index contributed by atoms with van der Waals surface area (Å²) in [5.74, 6) is 0.901. The third-order valence-electron chi connectivity index (χ3n) is 2.19. The topological polar surface area (TPSA) is 25.2 Å². The summed E-state index contributed by atoms with van der Waals surface area (Å²) in [6.45, 7) is 2.74. The van der Waals surface area contributed by atoms with Crippen LogP contribution in [0.25, 0.3) is 0 Å². The molecule has 0 aliphatic carbocycles. The molecule has 1 N–H and O–H groups in total. The van der Waals surface area contributed by atoms with Gasteiger partial charge in [0, 0.05) is 10.2 Å². The van der Waals surface area contributed by atoms with Gasteiger partial charge in [-0.3, -0.25) is 0 Å². The van der Waals surface area contributed by atoms with Crippen molar-refractivity contribution in [1.82, 2.24) is 0 Å². The van der Waals surface area contributed by atoms with Crippen LogP contribution in [0.3, 0.4) is 0 Å². The average molecular weight is 345 g/mol. The largest absolute Gasteiger partial charge is 0.466 e. The number of anilines is 1. The van der Waals surface area contributed by atoms with Crippen LogP contribution in [0.2, 0.25) is 0 Å². The number of nitrogens with one attached hydrogen (secondary N) is 1. The van der Waals surface area contributed by atoms with Crippen molar-refractivity contribution in [3.05, 3.63) is 50.8 Å². The highest BCUT2D eigenvalue weighted by molar-refractivity contribution is 9.10. The summed E-state index contributed by atoms with van der Waals surface area (Å²) < 4.78 is 7.40. The first kappa shape index (κ1) is 11.7. The highest BCUT2D eigenvalue weighted by Gasteiger charge is 2.03.